The second-order valence-corrected chi connectivity index (χ2v) is 1.35. The first-order valence-corrected chi connectivity index (χ1v) is 2.67. The number of hydrogen-bond donors (Lipinski definition) is 1. The van der Waals surface area contributed by atoms with E-state index in [0.717, 1.165) is 0 Å². The summed E-state index contributed by atoms with van der Waals surface area (Å²) in [6.45, 7) is 0.873. The molecule has 56 valence electrons. The van der Waals surface area contributed by atoms with Crippen LogP contribution in [0.2, 0.25) is 0 Å². The number of rotatable bonds is 6. The van der Waals surface area contributed by atoms with Gasteiger partial charge < -0.3 is 19.3 Å². The van der Waals surface area contributed by atoms with Crippen LogP contribution in [-0.2, 0) is 14.2 Å². The summed E-state index contributed by atoms with van der Waals surface area (Å²) < 4.78 is 13.9. The normalized spacial score (nSPS) is 10.0. The molecule has 0 fully saturated rings. The topological polar surface area (TPSA) is 47.9 Å². The molecule has 0 spiro atoms. The molecule has 4 heteroatoms. The van der Waals surface area contributed by atoms with Crippen molar-refractivity contribution in [1.82, 2.24) is 0 Å². The van der Waals surface area contributed by atoms with E-state index in [1.165, 1.54) is 0 Å². The van der Waals surface area contributed by atoms with E-state index < -0.39 is 0 Å². The quantitative estimate of drug-likeness (QED) is 0.397. The second-order valence-electron chi connectivity index (χ2n) is 1.35. The average Bonchev–Trinajstić information content (AvgIpc) is 1.89. The summed E-state index contributed by atoms with van der Waals surface area (Å²) in [4.78, 5) is 0. The highest BCUT2D eigenvalue weighted by atomic mass is 16.7. The third-order valence-electron chi connectivity index (χ3n) is 0.690. The SMILES string of the molecule is COCCOCOCO. The van der Waals surface area contributed by atoms with E-state index in [0.29, 0.717) is 13.2 Å². The predicted octanol–water partition coefficient (Wildman–Crippen LogP) is -0.427. The first-order chi connectivity index (χ1) is 4.41. The van der Waals surface area contributed by atoms with E-state index in [9.17, 15) is 0 Å². The molecule has 0 aliphatic rings. The van der Waals surface area contributed by atoms with Crippen LogP contribution in [0.25, 0.3) is 0 Å². The van der Waals surface area contributed by atoms with E-state index in [1.807, 2.05) is 0 Å². The monoisotopic (exact) mass is 136 g/mol. The van der Waals surface area contributed by atoms with Gasteiger partial charge in [0.2, 0.25) is 0 Å². The first-order valence-electron chi connectivity index (χ1n) is 2.67. The van der Waals surface area contributed by atoms with E-state index >= 15 is 0 Å². The van der Waals surface area contributed by atoms with Crippen molar-refractivity contribution in [1.29, 1.82) is 0 Å². The molecular weight excluding hydrogens is 124 g/mol. The van der Waals surface area contributed by atoms with Gasteiger partial charge in [0.1, 0.15) is 13.6 Å². The minimum Gasteiger partial charge on any atom is -0.382 e. The molecule has 0 aliphatic heterocycles. The Morgan fingerprint density at radius 3 is 2.56 bits per heavy atom. The molecule has 0 rings (SSSR count). The molecule has 0 saturated heterocycles. The molecular formula is C5H12O4. The van der Waals surface area contributed by atoms with Gasteiger partial charge in [0.15, 0.2) is 0 Å². The maximum absolute atomic E-state index is 8.09. The van der Waals surface area contributed by atoms with Gasteiger partial charge in [-0.05, 0) is 0 Å². The number of aliphatic hydroxyl groups excluding tert-OH is 1. The molecule has 0 amide bonds. The molecule has 0 aromatic rings. The van der Waals surface area contributed by atoms with Gasteiger partial charge in [0.25, 0.3) is 0 Å². The van der Waals surface area contributed by atoms with Crippen molar-refractivity contribution in [2.45, 2.75) is 0 Å². The highest BCUT2D eigenvalue weighted by Crippen LogP contribution is 1.76. The molecule has 0 bridgehead atoms. The lowest BCUT2D eigenvalue weighted by atomic mass is 10.8. The lowest BCUT2D eigenvalue weighted by molar-refractivity contribution is -0.113. The highest BCUT2D eigenvalue weighted by Gasteiger charge is 1.84. The minimum atomic E-state index is -0.299. The van der Waals surface area contributed by atoms with Crippen LogP contribution in [0.3, 0.4) is 0 Å². The Kier molecular flexibility index (Phi) is 7.70. The number of ether oxygens (including phenoxy) is 3. The van der Waals surface area contributed by atoms with Crippen molar-refractivity contribution < 1.29 is 19.3 Å². The van der Waals surface area contributed by atoms with Crippen molar-refractivity contribution in [3.63, 3.8) is 0 Å². The molecule has 0 heterocycles. The van der Waals surface area contributed by atoms with Crippen LogP contribution in [0.4, 0.5) is 0 Å². The number of methoxy groups -OCH3 is 1. The Bertz CT molecular complexity index is 42.2. The van der Waals surface area contributed by atoms with Gasteiger partial charge in [-0.15, -0.1) is 0 Å². The molecule has 0 aromatic heterocycles. The molecule has 0 unspecified atom stereocenters. The van der Waals surface area contributed by atoms with Crippen LogP contribution in [0.1, 0.15) is 0 Å². The zero-order valence-electron chi connectivity index (χ0n) is 5.50. The van der Waals surface area contributed by atoms with Crippen molar-refractivity contribution in [3.8, 4) is 0 Å². The molecule has 0 aromatic carbocycles. The van der Waals surface area contributed by atoms with E-state index in [2.05, 4.69) is 9.47 Å². The predicted molar refractivity (Wildman–Crippen MR) is 30.9 cm³/mol. The first kappa shape index (κ1) is 8.84. The largest absolute Gasteiger partial charge is 0.382 e. The van der Waals surface area contributed by atoms with Crippen LogP contribution in [0.5, 0.6) is 0 Å². The van der Waals surface area contributed by atoms with Crippen molar-refractivity contribution >= 4 is 0 Å². The second kappa shape index (κ2) is 7.84. The Balaban J connectivity index is 2.60. The summed E-state index contributed by atoms with van der Waals surface area (Å²) in [7, 11) is 1.59. The van der Waals surface area contributed by atoms with Gasteiger partial charge >= 0.3 is 0 Å². The molecule has 0 atom stereocenters. The maximum Gasteiger partial charge on any atom is 0.149 e. The number of aliphatic hydroxyl groups is 1. The lowest BCUT2D eigenvalue weighted by Crippen LogP contribution is -2.05. The highest BCUT2D eigenvalue weighted by molar-refractivity contribution is 4.20. The zero-order valence-corrected chi connectivity index (χ0v) is 5.50. The Morgan fingerprint density at radius 1 is 1.22 bits per heavy atom. The Hall–Kier alpha value is -0.160. The average molecular weight is 136 g/mol. The van der Waals surface area contributed by atoms with Crippen LogP contribution < -0.4 is 0 Å². The van der Waals surface area contributed by atoms with Gasteiger partial charge in [0.05, 0.1) is 13.2 Å². The third kappa shape index (κ3) is 7.84. The van der Waals surface area contributed by atoms with Crippen LogP contribution in [0, 0.1) is 0 Å². The van der Waals surface area contributed by atoms with Crippen molar-refractivity contribution in [3.05, 3.63) is 0 Å². The van der Waals surface area contributed by atoms with Gasteiger partial charge in [-0.2, -0.15) is 0 Å². The van der Waals surface area contributed by atoms with Gasteiger partial charge in [-0.25, -0.2) is 0 Å². The van der Waals surface area contributed by atoms with Crippen LogP contribution >= 0.6 is 0 Å². The maximum atomic E-state index is 8.09. The summed E-state index contributed by atoms with van der Waals surface area (Å²) >= 11 is 0. The van der Waals surface area contributed by atoms with E-state index in [1.54, 1.807) is 7.11 Å². The van der Waals surface area contributed by atoms with Crippen LogP contribution in [-0.4, -0.2) is 39.0 Å². The Morgan fingerprint density at radius 2 is 2.00 bits per heavy atom. The third-order valence-corrected chi connectivity index (χ3v) is 0.690. The number of hydrogen-bond acceptors (Lipinski definition) is 4. The molecule has 0 aliphatic carbocycles. The summed E-state index contributed by atoms with van der Waals surface area (Å²) in [6, 6.07) is 0. The summed E-state index contributed by atoms with van der Waals surface area (Å²) in [5, 5.41) is 8.09. The standard InChI is InChI=1S/C5H12O4/c1-7-2-3-8-5-9-4-6/h6H,2-5H2,1H3. The summed E-state index contributed by atoms with van der Waals surface area (Å²) in [6.07, 6.45) is 0. The molecule has 1 N–H and O–H groups in total. The minimum absolute atomic E-state index is 0.125. The fourth-order valence-corrected chi connectivity index (χ4v) is 0.297. The van der Waals surface area contributed by atoms with Crippen LogP contribution in [0.15, 0.2) is 0 Å². The molecule has 0 radical (unpaired) electrons. The lowest BCUT2D eigenvalue weighted by Gasteiger charge is -2.00. The molecule has 4 nitrogen and oxygen atoms in total. The summed E-state index contributed by atoms with van der Waals surface area (Å²) in [5.74, 6) is 0. The van der Waals surface area contributed by atoms with Crippen molar-refractivity contribution in [2.24, 2.45) is 0 Å². The molecule has 9 heavy (non-hydrogen) atoms. The van der Waals surface area contributed by atoms with E-state index in [-0.39, 0.29) is 13.6 Å². The summed E-state index contributed by atoms with van der Waals surface area (Å²) in [5.41, 5.74) is 0. The van der Waals surface area contributed by atoms with Gasteiger partial charge in [-0.3, -0.25) is 0 Å². The Labute approximate surface area is 54.3 Å². The van der Waals surface area contributed by atoms with Gasteiger partial charge in [0, 0.05) is 7.11 Å². The molecule has 0 saturated carbocycles. The van der Waals surface area contributed by atoms with E-state index in [4.69, 9.17) is 9.84 Å². The fraction of sp³-hybridized carbons (Fsp3) is 1.00. The van der Waals surface area contributed by atoms with Crippen molar-refractivity contribution in [2.75, 3.05) is 33.9 Å². The fourth-order valence-electron chi connectivity index (χ4n) is 0.297. The zero-order chi connectivity index (χ0) is 6.95. The van der Waals surface area contributed by atoms with Gasteiger partial charge in [-0.1, -0.05) is 0 Å². The smallest absolute Gasteiger partial charge is 0.149 e.